The van der Waals surface area contributed by atoms with Gasteiger partial charge in [-0.3, -0.25) is 10.1 Å². The van der Waals surface area contributed by atoms with Crippen LogP contribution in [0, 0.1) is 10.1 Å². The van der Waals surface area contributed by atoms with Crippen molar-refractivity contribution < 1.29 is 19.9 Å². The van der Waals surface area contributed by atoms with Gasteiger partial charge < -0.3 is 10.2 Å². The number of nitro benzene ring substituents is 1. The number of aromatic carboxylic acids is 1. The average Bonchev–Trinajstić information content (AvgIpc) is 3.14. The van der Waals surface area contributed by atoms with E-state index in [9.17, 15) is 20.0 Å². The maximum atomic E-state index is 10.9. The van der Waals surface area contributed by atoms with E-state index >= 15 is 0 Å². The molecule has 1 heterocycles. The Balaban J connectivity index is 1.69. The van der Waals surface area contributed by atoms with Crippen LogP contribution in [0.2, 0.25) is 0 Å². The van der Waals surface area contributed by atoms with E-state index in [4.69, 9.17) is 5.11 Å². The maximum absolute atomic E-state index is 10.9. The molecular formula is C16H13N5O5S. The Kier molecular flexibility index (Phi) is 5.43. The number of tetrazole rings is 1. The van der Waals surface area contributed by atoms with E-state index in [1.807, 2.05) is 0 Å². The number of aromatic nitrogens is 4. The first-order valence-electron chi connectivity index (χ1n) is 7.63. The zero-order chi connectivity index (χ0) is 19.4. The predicted molar refractivity (Wildman–Crippen MR) is 94.9 cm³/mol. The summed E-state index contributed by atoms with van der Waals surface area (Å²) >= 11 is 1.20. The highest BCUT2D eigenvalue weighted by Crippen LogP contribution is 2.25. The third-order valence-corrected chi connectivity index (χ3v) is 4.65. The quantitative estimate of drug-likeness (QED) is 0.353. The number of carbonyl (C=O) groups is 1. The minimum Gasteiger partial charge on any atom is -0.478 e. The molecule has 1 aromatic heterocycles. The second-order valence-electron chi connectivity index (χ2n) is 5.40. The Labute approximate surface area is 156 Å². The summed E-state index contributed by atoms with van der Waals surface area (Å²) in [6.07, 6.45) is -0.865. The Morgan fingerprint density at radius 2 is 1.85 bits per heavy atom. The van der Waals surface area contributed by atoms with Gasteiger partial charge in [-0.1, -0.05) is 11.8 Å². The lowest BCUT2D eigenvalue weighted by molar-refractivity contribution is -0.384. The van der Waals surface area contributed by atoms with Crippen molar-refractivity contribution in [3.63, 3.8) is 0 Å². The van der Waals surface area contributed by atoms with Crippen molar-refractivity contribution >= 4 is 23.4 Å². The fourth-order valence-electron chi connectivity index (χ4n) is 2.24. The molecule has 10 nitrogen and oxygen atoms in total. The van der Waals surface area contributed by atoms with Crippen LogP contribution in [0.4, 0.5) is 5.69 Å². The average molecular weight is 387 g/mol. The van der Waals surface area contributed by atoms with Gasteiger partial charge in [0.1, 0.15) is 0 Å². The topological polar surface area (TPSA) is 144 Å². The summed E-state index contributed by atoms with van der Waals surface area (Å²) < 4.78 is 1.43. The van der Waals surface area contributed by atoms with Crippen molar-refractivity contribution in [2.75, 3.05) is 5.75 Å². The minimum absolute atomic E-state index is 0.0487. The van der Waals surface area contributed by atoms with Gasteiger partial charge >= 0.3 is 5.97 Å². The smallest absolute Gasteiger partial charge is 0.335 e. The largest absolute Gasteiger partial charge is 0.478 e. The molecule has 3 aromatic rings. The molecule has 27 heavy (non-hydrogen) atoms. The van der Waals surface area contributed by atoms with Crippen LogP contribution in [0.5, 0.6) is 0 Å². The molecule has 0 aliphatic rings. The van der Waals surface area contributed by atoms with Gasteiger partial charge in [-0.15, -0.1) is 5.10 Å². The Morgan fingerprint density at radius 1 is 1.19 bits per heavy atom. The van der Waals surface area contributed by atoms with Crippen LogP contribution in [-0.4, -0.2) is 47.1 Å². The van der Waals surface area contributed by atoms with Crippen molar-refractivity contribution in [2.24, 2.45) is 0 Å². The molecular weight excluding hydrogens is 374 g/mol. The fourth-order valence-corrected chi connectivity index (χ4v) is 3.10. The van der Waals surface area contributed by atoms with E-state index in [1.165, 1.54) is 52.8 Å². The van der Waals surface area contributed by atoms with Gasteiger partial charge in [-0.05, 0) is 52.4 Å². The van der Waals surface area contributed by atoms with Gasteiger partial charge in [0, 0.05) is 17.9 Å². The van der Waals surface area contributed by atoms with Crippen molar-refractivity contribution in [1.82, 2.24) is 20.2 Å². The van der Waals surface area contributed by atoms with Crippen molar-refractivity contribution in [3.8, 4) is 5.69 Å². The maximum Gasteiger partial charge on any atom is 0.335 e. The molecule has 0 saturated heterocycles. The first-order valence-corrected chi connectivity index (χ1v) is 8.61. The number of nitrogens with zero attached hydrogens (tertiary/aromatic N) is 5. The first kappa shape index (κ1) is 18.5. The number of rotatable bonds is 7. The lowest BCUT2D eigenvalue weighted by atomic mass is 10.1. The third kappa shape index (κ3) is 4.27. The summed E-state index contributed by atoms with van der Waals surface area (Å²) in [5.41, 5.74) is 1.22. The summed E-state index contributed by atoms with van der Waals surface area (Å²) in [5.74, 6) is -0.801. The first-order chi connectivity index (χ1) is 13.0. The Bertz CT molecular complexity index is 958. The summed E-state index contributed by atoms with van der Waals surface area (Å²) in [7, 11) is 0. The number of benzene rings is 2. The number of thioether (sulfide) groups is 1. The number of nitro groups is 1. The zero-order valence-corrected chi connectivity index (χ0v) is 14.5. The van der Waals surface area contributed by atoms with Crippen LogP contribution in [0.3, 0.4) is 0 Å². The van der Waals surface area contributed by atoms with Crippen LogP contribution in [-0.2, 0) is 0 Å². The molecule has 11 heteroatoms. The van der Waals surface area contributed by atoms with E-state index in [-0.39, 0.29) is 17.0 Å². The molecule has 0 bridgehead atoms. The molecule has 0 aliphatic heterocycles. The highest BCUT2D eigenvalue weighted by Gasteiger charge is 2.15. The monoisotopic (exact) mass is 387 g/mol. The van der Waals surface area contributed by atoms with Gasteiger partial charge in [0.25, 0.3) is 5.69 Å². The number of aliphatic hydroxyl groups excluding tert-OH is 1. The van der Waals surface area contributed by atoms with E-state index in [1.54, 1.807) is 12.1 Å². The molecule has 0 fully saturated rings. The molecule has 1 atom stereocenters. The third-order valence-electron chi connectivity index (χ3n) is 3.66. The molecule has 0 radical (unpaired) electrons. The summed E-state index contributed by atoms with van der Waals surface area (Å²) in [5, 5.41) is 41.7. The van der Waals surface area contributed by atoms with Crippen LogP contribution in [0.25, 0.3) is 5.69 Å². The molecule has 2 aromatic carbocycles. The molecule has 0 amide bonds. The molecule has 0 aliphatic carbocycles. The number of aliphatic hydroxyl groups is 1. The SMILES string of the molecule is O=C(O)c1ccc(-n2nnnc2SC[C@H](O)c2ccc([N+](=O)[O-])cc2)cc1. The van der Waals surface area contributed by atoms with Gasteiger partial charge in [-0.2, -0.15) is 4.68 Å². The number of hydrogen-bond donors (Lipinski definition) is 2. The number of carboxylic acid groups (broad SMARTS) is 1. The lowest BCUT2D eigenvalue weighted by Crippen LogP contribution is -2.04. The fraction of sp³-hybridized carbons (Fsp3) is 0.125. The number of non-ortho nitro benzene ring substituents is 1. The Hall–Kier alpha value is -3.31. The van der Waals surface area contributed by atoms with Crippen LogP contribution in [0.1, 0.15) is 22.0 Å². The van der Waals surface area contributed by atoms with Gasteiger partial charge in [0.15, 0.2) is 0 Å². The molecule has 0 spiro atoms. The van der Waals surface area contributed by atoms with E-state index in [2.05, 4.69) is 15.5 Å². The van der Waals surface area contributed by atoms with Gasteiger partial charge in [-0.25, -0.2) is 4.79 Å². The summed E-state index contributed by atoms with van der Waals surface area (Å²) in [6.45, 7) is 0. The highest BCUT2D eigenvalue weighted by atomic mass is 32.2. The van der Waals surface area contributed by atoms with Crippen LogP contribution < -0.4 is 0 Å². The van der Waals surface area contributed by atoms with E-state index in [0.717, 1.165) is 0 Å². The standard InChI is InChI=1S/C16H13N5O5S/c22-14(10-1-7-13(8-2-10)21(25)26)9-27-16-17-18-19-20(16)12-5-3-11(4-6-12)15(23)24/h1-8,14,22H,9H2,(H,23,24)/t14-/m0/s1. The zero-order valence-electron chi connectivity index (χ0n) is 13.7. The van der Waals surface area contributed by atoms with Crippen molar-refractivity contribution in [1.29, 1.82) is 0 Å². The second-order valence-corrected chi connectivity index (χ2v) is 6.39. The summed E-state index contributed by atoms with van der Waals surface area (Å²) in [4.78, 5) is 21.1. The molecule has 138 valence electrons. The summed E-state index contributed by atoms with van der Waals surface area (Å²) in [6, 6.07) is 11.7. The van der Waals surface area contributed by atoms with Crippen LogP contribution in [0.15, 0.2) is 53.7 Å². The van der Waals surface area contributed by atoms with Gasteiger partial charge in [0.2, 0.25) is 5.16 Å². The second kappa shape index (κ2) is 7.93. The molecule has 0 saturated carbocycles. The lowest BCUT2D eigenvalue weighted by Gasteiger charge is -2.10. The highest BCUT2D eigenvalue weighted by molar-refractivity contribution is 7.99. The van der Waals surface area contributed by atoms with Crippen LogP contribution >= 0.6 is 11.8 Å². The number of hydrogen-bond acceptors (Lipinski definition) is 8. The van der Waals surface area contributed by atoms with Crippen molar-refractivity contribution in [2.45, 2.75) is 11.3 Å². The molecule has 3 rings (SSSR count). The normalized spacial score (nSPS) is 11.9. The molecule has 0 unspecified atom stereocenters. The van der Waals surface area contributed by atoms with E-state index < -0.39 is 17.0 Å². The van der Waals surface area contributed by atoms with Gasteiger partial charge in [0.05, 0.1) is 22.3 Å². The Morgan fingerprint density at radius 3 is 2.44 bits per heavy atom. The number of carboxylic acids is 1. The molecule has 2 N–H and O–H groups in total. The minimum atomic E-state index is -1.03. The van der Waals surface area contributed by atoms with E-state index in [0.29, 0.717) is 16.4 Å². The van der Waals surface area contributed by atoms with Crippen molar-refractivity contribution in [3.05, 3.63) is 69.8 Å². The predicted octanol–water partition coefficient (Wildman–Crippen LogP) is 2.09.